The molecule has 2 rings (SSSR count). The largest absolute Gasteiger partial charge is 0.454 e. The number of carbonyl (C=O) groups excluding carboxylic acids is 2. The first-order chi connectivity index (χ1) is 12.7. The van der Waals surface area contributed by atoms with Crippen molar-refractivity contribution in [2.75, 3.05) is 6.61 Å². The molecule has 0 aliphatic rings. The smallest absolute Gasteiger partial charge is 0.330 e. The number of ether oxygens (including phenoxy) is 1. The van der Waals surface area contributed by atoms with E-state index in [1.807, 2.05) is 45.0 Å². The van der Waals surface area contributed by atoms with Crippen LogP contribution in [0.25, 0.3) is 11.4 Å². The van der Waals surface area contributed by atoms with Crippen molar-refractivity contribution in [2.24, 2.45) is 5.92 Å². The van der Waals surface area contributed by atoms with E-state index in [4.69, 9.17) is 4.74 Å². The van der Waals surface area contributed by atoms with Crippen LogP contribution >= 0.6 is 0 Å². The summed E-state index contributed by atoms with van der Waals surface area (Å²) in [5.41, 5.74) is 0.863. The van der Waals surface area contributed by atoms with E-state index in [0.717, 1.165) is 15.9 Å². The lowest BCUT2D eigenvalue weighted by atomic mass is 9.90. The maximum absolute atomic E-state index is 11.9. The predicted octanol–water partition coefficient (Wildman–Crippen LogP) is 1.25. The van der Waals surface area contributed by atoms with E-state index in [9.17, 15) is 14.9 Å². The number of aromatic nitrogens is 4. The van der Waals surface area contributed by atoms with Gasteiger partial charge in [-0.25, -0.2) is 4.79 Å². The van der Waals surface area contributed by atoms with Crippen molar-refractivity contribution in [3.8, 4) is 17.5 Å². The number of esters is 1. The summed E-state index contributed by atoms with van der Waals surface area (Å²) in [6.45, 7) is 6.47. The number of nitriles is 1. The number of hydrogen-bond donors (Lipinski definition) is 1. The van der Waals surface area contributed by atoms with E-state index in [2.05, 4.69) is 26.8 Å². The summed E-state index contributed by atoms with van der Waals surface area (Å²) in [5.74, 6) is -0.932. The monoisotopic (exact) mass is 370 g/mol. The van der Waals surface area contributed by atoms with Crippen LogP contribution in [0.1, 0.15) is 26.3 Å². The minimum atomic E-state index is -1.03. The molecule has 0 unspecified atom stereocenters. The summed E-state index contributed by atoms with van der Waals surface area (Å²) in [6, 6.07) is 9.63. The third-order valence-electron chi connectivity index (χ3n) is 4.18. The van der Waals surface area contributed by atoms with Gasteiger partial charge in [0.05, 0.1) is 6.07 Å². The third kappa shape index (κ3) is 5.34. The summed E-state index contributed by atoms with van der Waals surface area (Å²) < 4.78 is 4.92. The first-order valence-electron chi connectivity index (χ1n) is 8.46. The van der Waals surface area contributed by atoms with Crippen molar-refractivity contribution >= 4 is 11.9 Å². The molecular formula is C18H22N6O3. The van der Waals surface area contributed by atoms with Gasteiger partial charge in [0.25, 0.3) is 5.91 Å². The number of aryl methyl sites for hydroxylation is 1. The second kappa shape index (κ2) is 8.40. The van der Waals surface area contributed by atoms with E-state index < -0.39 is 24.0 Å². The van der Waals surface area contributed by atoms with Crippen molar-refractivity contribution in [3.63, 3.8) is 0 Å². The minimum absolute atomic E-state index is 0.0957. The van der Waals surface area contributed by atoms with E-state index in [0.29, 0.717) is 5.82 Å². The van der Waals surface area contributed by atoms with Gasteiger partial charge in [-0.05, 0) is 25.0 Å². The third-order valence-corrected chi connectivity index (χ3v) is 4.18. The van der Waals surface area contributed by atoms with E-state index in [-0.39, 0.29) is 12.5 Å². The molecule has 0 fully saturated rings. The molecule has 1 aromatic carbocycles. The average molecular weight is 370 g/mol. The minimum Gasteiger partial charge on any atom is -0.454 e. The molecule has 9 heteroatoms. The van der Waals surface area contributed by atoms with E-state index >= 15 is 0 Å². The van der Waals surface area contributed by atoms with Crippen LogP contribution in [-0.2, 0) is 20.9 Å². The number of nitrogens with zero attached hydrogens (tertiary/aromatic N) is 5. The van der Waals surface area contributed by atoms with Crippen LogP contribution in [0, 0.1) is 24.2 Å². The summed E-state index contributed by atoms with van der Waals surface area (Å²) in [6.07, 6.45) is 0. The van der Waals surface area contributed by atoms with Crippen LogP contribution in [0.2, 0.25) is 0 Å². The molecule has 1 amide bonds. The van der Waals surface area contributed by atoms with Gasteiger partial charge in [0, 0.05) is 5.56 Å². The molecule has 2 aromatic rings. The van der Waals surface area contributed by atoms with Crippen LogP contribution in [0.3, 0.4) is 0 Å². The highest BCUT2D eigenvalue weighted by Crippen LogP contribution is 2.15. The zero-order chi connectivity index (χ0) is 20.0. The van der Waals surface area contributed by atoms with Gasteiger partial charge in [-0.3, -0.25) is 4.79 Å². The van der Waals surface area contributed by atoms with Crippen molar-refractivity contribution < 1.29 is 14.3 Å². The normalized spacial score (nSPS) is 12.9. The quantitative estimate of drug-likeness (QED) is 0.727. The fourth-order valence-electron chi connectivity index (χ4n) is 2.06. The Kier molecular flexibility index (Phi) is 6.23. The Bertz CT molecular complexity index is 853. The summed E-state index contributed by atoms with van der Waals surface area (Å²) >= 11 is 0. The Labute approximate surface area is 157 Å². The number of benzene rings is 1. The molecule has 27 heavy (non-hydrogen) atoms. The highest BCUT2D eigenvalue weighted by atomic mass is 16.5. The first-order valence-corrected chi connectivity index (χ1v) is 8.46. The second-order valence-corrected chi connectivity index (χ2v) is 6.69. The molecule has 0 aliphatic carbocycles. The first kappa shape index (κ1) is 20.0. The molecular weight excluding hydrogens is 348 g/mol. The molecule has 0 spiro atoms. The Balaban J connectivity index is 1.87. The van der Waals surface area contributed by atoms with Crippen molar-refractivity contribution in [1.82, 2.24) is 25.5 Å². The van der Waals surface area contributed by atoms with E-state index in [1.165, 1.54) is 0 Å². The summed E-state index contributed by atoms with van der Waals surface area (Å²) in [4.78, 5) is 24.9. The van der Waals surface area contributed by atoms with E-state index in [1.54, 1.807) is 6.92 Å². The number of nitrogens with one attached hydrogen (secondary N) is 1. The SMILES string of the molecule is Cc1ccc(-c2nnn(CC(=O)OCC(=O)N[C@](C)(C#N)C(C)C)n2)cc1. The predicted molar refractivity (Wildman–Crippen MR) is 95.9 cm³/mol. The molecule has 1 N–H and O–H groups in total. The van der Waals surface area contributed by atoms with Crippen LogP contribution in [0.4, 0.5) is 0 Å². The summed E-state index contributed by atoms with van der Waals surface area (Å²) in [5, 5.41) is 23.6. The molecule has 0 saturated carbocycles. The zero-order valence-electron chi connectivity index (χ0n) is 15.8. The molecule has 1 aromatic heterocycles. The number of hydrogen-bond acceptors (Lipinski definition) is 7. The Morgan fingerprint density at radius 2 is 2.00 bits per heavy atom. The molecule has 142 valence electrons. The van der Waals surface area contributed by atoms with Gasteiger partial charge in [-0.15, -0.1) is 10.2 Å². The van der Waals surface area contributed by atoms with Crippen molar-refractivity contribution in [1.29, 1.82) is 5.26 Å². The highest BCUT2D eigenvalue weighted by Gasteiger charge is 2.30. The molecule has 0 bridgehead atoms. The van der Waals surface area contributed by atoms with Crippen LogP contribution in [0.5, 0.6) is 0 Å². The van der Waals surface area contributed by atoms with Gasteiger partial charge in [0.2, 0.25) is 5.82 Å². The Hall–Kier alpha value is -3.28. The number of amides is 1. The summed E-state index contributed by atoms with van der Waals surface area (Å²) in [7, 11) is 0. The zero-order valence-corrected chi connectivity index (χ0v) is 15.8. The van der Waals surface area contributed by atoms with Crippen LogP contribution in [0.15, 0.2) is 24.3 Å². The number of tetrazole rings is 1. The second-order valence-electron chi connectivity index (χ2n) is 6.69. The van der Waals surface area contributed by atoms with Gasteiger partial charge < -0.3 is 10.1 Å². The lowest BCUT2D eigenvalue weighted by Gasteiger charge is -2.27. The molecule has 9 nitrogen and oxygen atoms in total. The Morgan fingerprint density at radius 1 is 1.33 bits per heavy atom. The molecule has 0 aliphatic heterocycles. The van der Waals surface area contributed by atoms with Gasteiger partial charge in [-0.2, -0.15) is 10.1 Å². The molecule has 0 saturated heterocycles. The van der Waals surface area contributed by atoms with Gasteiger partial charge in [-0.1, -0.05) is 43.7 Å². The number of rotatable bonds is 7. The van der Waals surface area contributed by atoms with Crippen LogP contribution in [-0.4, -0.2) is 44.2 Å². The maximum atomic E-state index is 11.9. The fraction of sp³-hybridized carbons (Fsp3) is 0.444. The molecule has 0 radical (unpaired) electrons. The maximum Gasteiger partial charge on any atom is 0.330 e. The standard InChI is InChI=1S/C18H22N6O3/c1-12(2)18(4,11-19)20-15(25)10-27-16(26)9-24-22-17(21-23-24)14-7-5-13(3)6-8-14/h5-8,12H,9-10H2,1-4H3,(H,20,25)/t18-/m1/s1. The highest BCUT2D eigenvalue weighted by molar-refractivity contribution is 5.81. The topological polar surface area (TPSA) is 123 Å². The Morgan fingerprint density at radius 3 is 2.59 bits per heavy atom. The van der Waals surface area contributed by atoms with Crippen molar-refractivity contribution in [2.45, 2.75) is 39.8 Å². The molecule has 1 heterocycles. The molecule has 1 atom stereocenters. The average Bonchev–Trinajstić information content (AvgIpc) is 3.08. The lowest BCUT2D eigenvalue weighted by molar-refractivity contribution is -0.150. The lowest BCUT2D eigenvalue weighted by Crippen LogP contribution is -2.50. The van der Waals surface area contributed by atoms with Crippen LogP contribution < -0.4 is 5.32 Å². The number of carbonyl (C=O) groups is 2. The van der Waals surface area contributed by atoms with Gasteiger partial charge in [0.1, 0.15) is 5.54 Å². The fourth-order valence-corrected chi connectivity index (χ4v) is 2.06. The van der Waals surface area contributed by atoms with Gasteiger partial charge >= 0.3 is 5.97 Å². The van der Waals surface area contributed by atoms with Crippen molar-refractivity contribution in [3.05, 3.63) is 29.8 Å². The van der Waals surface area contributed by atoms with Gasteiger partial charge in [0.15, 0.2) is 13.2 Å².